The van der Waals surface area contributed by atoms with Crippen molar-refractivity contribution in [3.05, 3.63) is 0 Å². The Morgan fingerprint density at radius 3 is 1.00 bits per heavy atom. The molecule has 0 nitrogen and oxygen atoms in total. The molecule has 0 amide bonds. The minimum Gasteiger partial charge on any atom is 0 e. The second-order valence-corrected chi connectivity index (χ2v) is 0. The number of rotatable bonds is 0. The molecule has 0 saturated heterocycles. The Kier molecular flexibility index (Phi) is 112. The molecule has 0 saturated carbocycles. The second-order valence-electron chi connectivity index (χ2n) is 0. The van der Waals surface area contributed by atoms with E-state index in [1.165, 1.54) is 0 Å². The van der Waals surface area contributed by atoms with Gasteiger partial charge in [0.25, 0.3) is 0 Å². The third-order valence-electron chi connectivity index (χ3n) is 0. The Morgan fingerprint density at radius 1 is 1.00 bits per heavy atom. The summed E-state index contributed by atoms with van der Waals surface area (Å²) in [7, 11) is 0. The topological polar surface area (TPSA) is 0 Å². The monoisotopic (exact) mass is 381 g/mol. The van der Waals surface area contributed by atoms with E-state index < -0.39 is 0 Å². The molecule has 0 N–H and O–H groups in total. The first-order chi connectivity index (χ1) is 0. The van der Waals surface area contributed by atoms with Crippen molar-refractivity contribution in [1.29, 1.82) is 0 Å². The molecule has 0 aliphatic heterocycles. The summed E-state index contributed by atoms with van der Waals surface area (Å²) in [5.41, 5.74) is 0. The Bertz CT molecular complexity index is 8.00. The van der Waals surface area contributed by atoms with E-state index in [-0.39, 0.29) is 95.2 Å². The van der Waals surface area contributed by atoms with Crippen LogP contribution in [-0.4, -0.2) is 55.8 Å². The first kappa shape index (κ1) is 27.3. The third kappa shape index (κ3) is 8.94. The van der Waals surface area contributed by atoms with Crippen molar-refractivity contribution in [3.63, 3.8) is 0 Å². The van der Waals surface area contributed by atoms with Crippen LogP contribution < -0.4 is 0 Å². The van der Waals surface area contributed by atoms with Crippen LogP contribution in [0.5, 0.6) is 0 Å². The zero-order valence-electron chi connectivity index (χ0n) is 2.25. The number of hydrogen-bond donors (Lipinski definition) is 0. The van der Waals surface area contributed by atoms with E-state index in [0.29, 0.717) is 0 Å². The summed E-state index contributed by atoms with van der Waals surface area (Å²) in [6, 6.07) is 0. The van der Waals surface area contributed by atoms with Crippen molar-refractivity contribution in [2.45, 2.75) is 0 Å². The Hall–Kier alpha value is 3.14. The SMILES string of the molecule is [Bi].[Fe].[Na].[Nb]. The van der Waals surface area contributed by atoms with Gasteiger partial charge >= 0.3 is 0 Å². The minimum absolute atomic E-state index is 0. The fourth-order valence-corrected chi connectivity index (χ4v) is 0. The Balaban J connectivity index is 0. The molecular weight excluding hydrogens is 381 g/mol. The van der Waals surface area contributed by atoms with Crippen molar-refractivity contribution >= 4 is 55.8 Å². The predicted molar refractivity (Wildman–Crippen MR) is 11.5 cm³/mol. The zero-order valence-corrected chi connectivity index (χ0v) is 11.0. The van der Waals surface area contributed by atoms with Crippen LogP contribution in [0.3, 0.4) is 0 Å². The smallest absolute Gasteiger partial charge is 0 e. The standard InChI is InChI=1S/Bi.Fe.Na.Nb. The molecule has 0 aromatic carbocycles. The summed E-state index contributed by atoms with van der Waals surface area (Å²) in [4.78, 5) is 0. The Morgan fingerprint density at radius 2 is 1.00 bits per heavy atom. The van der Waals surface area contributed by atoms with Crippen molar-refractivity contribution in [2.24, 2.45) is 0 Å². The average Bonchev–Trinajstić information content (AvgIpc) is 0. The van der Waals surface area contributed by atoms with Gasteiger partial charge in [-0.25, -0.2) is 0 Å². The normalized spacial score (nSPS) is 0. The zero-order chi connectivity index (χ0) is 0. The first-order valence-electron chi connectivity index (χ1n) is 0. The molecule has 0 rings (SSSR count). The quantitative estimate of drug-likeness (QED) is 0.485. The van der Waals surface area contributed by atoms with Crippen LogP contribution in [0, 0.1) is 0 Å². The van der Waals surface area contributed by atoms with E-state index in [9.17, 15) is 0 Å². The molecule has 0 atom stereocenters. The van der Waals surface area contributed by atoms with E-state index in [2.05, 4.69) is 0 Å². The molecular formula is BiFeNaNb. The van der Waals surface area contributed by atoms with E-state index in [1.54, 1.807) is 0 Å². The van der Waals surface area contributed by atoms with Crippen molar-refractivity contribution in [2.75, 3.05) is 0 Å². The molecule has 19 valence electrons. The van der Waals surface area contributed by atoms with Gasteiger partial charge in [-0.1, -0.05) is 0 Å². The molecule has 0 bridgehead atoms. The fraction of sp³-hybridized carbons (Fsp3) is 0. The van der Waals surface area contributed by atoms with Crippen LogP contribution >= 0.6 is 0 Å². The van der Waals surface area contributed by atoms with Gasteiger partial charge in [-0.05, 0) is 0 Å². The van der Waals surface area contributed by atoms with Gasteiger partial charge in [-0.3, -0.25) is 0 Å². The van der Waals surface area contributed by atoms with Crippen LogP contribution in [0.4, 0.5) is 0 Å². The molecule has 0 aliphatic rings. The van der Waals surface area contributed by atoms with E-state index in [0.717, 1.165) is 0 Å². The van der Waals surface area contributed by atoms with Gasteiger partial charge in [0, 0.05) is 95.2 Å². The molecule has 5 radical (unpaired) electrons. The molecule has 0 fully saturated rings. The molecule has 0 aromatic rings. The Labute approximate surface area is 93.3 Å². The van der Waals surface area contributed by atoms with Gasteiger partial charge in [0.05, 0.1) is 0 Å². The van der Waals surface area contributed by atoms with Crippen LogP contribution in [0.15, 0.2) is 0 Å². The molecule has 0 aliphatic carbocycles. The maximum absolute atomic E-state index is 0. The van der Waals surface area contributed by atoms with Gasteiger partial charge in [-0.15, -0.1) is 0 Å². The molecule has 0 aromatic heterocycles. The molecule has 0 heterocycles. The van der Waals surface area contributed by atoms with E-state index in [4.69, 9.17) is 0 Å². The van der Waals surface area contributed by atoms with Crippen LogP contribution in [0.25, 0.3) is 0 Å². The summed E-state index contributed by atoms with van der Waals surface area (Å²) < 4.78 is 0. The summed E-state index contributed by atoms with van der Waals surface area (Å²) in [5, 5.41) is 0. The second kappa shape index (κ2) is 16.4. The van der Waals surface area contributed by atoms with Crippen LogP contribution in [0.2, 0.25) is 0 Å². The van der Waals surface area contributed by atoms with E-state index >= 15 is 0 Å². The van der Waals surface area contributed by atoms with Gasteiger partial charge in [0.15, 0.2) is 0 Å². The average molecular weight is 381 g/mol. The van der Waals surface area contributed by atoms with E-state index in [1.807, 2.05) is 0 Å². The van der Waals surface area contributed by atoms with Crippen LogP contribution in [0.1, 0.15) is 0 Å². The van der Waals surface area contributed by atoms with Crippen LogP contribution in [-0.2, 0) is 39.4 Å². The summed E-state index contributed by atoms with van der Waals surface area (Å²) in [6.07, 6.45) is 0. The van der Waals surface area contributed by atoms with Crippen molar-refractivity contribution in [3.8, 4) is 0 Å². The fourth-order valence-electron chi connectivity index (χ4n) is 0. The van der Waals surface area contributed by atoms with Gasteiger partial charge < -0.3 is 0 Å². The molecule has 4 heteroatoms. The first-order valence-corrected chi connectivity index (χ1v) is 0. The third-order valence-corrected chi connectivity index (χ3v) is 0. The van der Waals surface area contributed by atoms with Crippen molar-refractivity contribution < 1.29 is 39.4 Å². The summed E-state index contributed by atoms with van der Waals surface area (Å²) in [5.74, 6) is 0. The molecule has 4 heavy (non-hydrogen) atoms. The van der Waals surface area contributed by atoms with Gasteiger partial charge in [-0.2, -0.15) is 0 Å². The van der Waals surface area contributed by atoms with Gasteiger partial charge in [0.2, 0.25) is 0 Å². The van der Waals surface area contributed by atoms with Gasteiger partial charge in [0.1, 0.15) is 0 Å². The maximum atomic E-state index is 0. The predicted octanol–water partition coefficient (Wildman–Crippen LogP) is -0.767. The molecule has 0 unspecified atom stereocenters. The maximum Gasteiger partial charge on any atom is 0 e. The molecule has 0 spiro atoms. The largest absolute Gasteiger partial charge is 0 e. The summed E-state index contributed by atoms with van der Waals surface area (Å²) in [6.45, 7) is 0. The minimum atomic E-state index is 0. The summed E-state index contributed by atoms with van der Waals surface area (Å²) >= 11 is 0. The van der Waals surface area contributed by atoms with Crippen molar-refractivity contribution in [1.82, 2.24) is 0 Å². The number of hydrogen-bond acceptors (Lipinski definition) is 0.